The van der Waals surface area contributed by atoms with Crippen LogP contribution in [0.2, 0.25) is 0 Å². The van der Waals surface area contributed by atoms with Gasteiger partial charge in [-0.15, -0.1) is 0 Å². The van der Waals surface area contributed by atoms with E-state index in [9.17, 15) is 4.79 Å². The highest BCUT2D eigenvalue weighted by Crippen LogP contribution is 2.27. The molecule has 114 valence electrons. The first kappa shape index (κ1) is 15.6. The molecule has 0 fully saturated rings. The quantitative estimate of drug-likeness (QED) is 0.819. The monoisotopic (exact) mass is 288 g/mol. The number of amides is 1. The van der Waals surface area contributed by atoms with Gasteiger partial charge in [-0.05, 0) is 44.4 Å². The molecule has 4 heteroatoms. The van der Waals surface area contributed by atoms with Crippen LogP contribution >= 0.6 is 0 Å². The third-order valence-corrected chi connectivity index (χ3v) is 3.29. The van der Waals surface area contributed by atoms with E-state index in [2.05, 4.69) is 38.0 Å². The molecule has 1 amide bonds. The number of nitrogens with one attached hydrogen (secondary N) is 2. The normalized spacial score (nSPS) is 14.3. The van der Waals surface area contributed by atoms with Crippen LogP contribution in [0.1, 0.15) is 32.8 Å². The topological polar surface area (TPSA) is 50.4 Å². The molecule has 4 nitrogen and oxygen atoms in total. The molecule has 2 rings (SSSR count). The third kappa shape index (κ3) is 4.90. The van der Waals surface area contributed by atoms with Gasteiger partial charge in [0, 0.05) is 30.3 Å². The molecule has 1 heterocycles. The highest BCUT2D eigenvalue weighted by atomic mass is 16.5. The Hall–Kier alpha value is -1.81. The molecule has 0 spiro atoms. The molecule has 0 radical (unpaired) electrons. The largest absolute Gasteiger partial charge is 0.489 e. The van der Waals surface area contributed by atoms with E-state index in [1.807, 2.05) is 18.2 Å². The lowest BCUT2D eigenvalue weighted by Gasteiger charge is -2.21. The Balaban J connectivity index is 1.88. The number of rotatable bonds is 5. The van der Waals surface area contributed by atoms with Crippen LogP contribution in [0.15, 0.2) is 30.4 Å². The lowest BCUT2D eigenvalue weighted by atomic mass is 10.0. The Morgan fingerprint density at radius 1 is 1.38 bits per heavy atom. The molecule has 0 unspecified atom stereocenters. The van der Waals surface area contributed by atoms with Crippen molar-refractivity contribution >= 4 is 11.6 Å². The fourth-order valence-electron chi connectivity index (χ4n) is 2.07. The molecule has 0 atom stereocenters. The van der Waals surface area contributed by atoms with Gasteiger partial charge in [0.2, 0.25) is 5.91 Å². The van der Waals surface area contributed by atoms with Crippen LogP contribution in [-0.4, -0.2) is 24.6 Å². The second-order valence-corrected chi connectivity index (χ2v) is 6.51. The lowest BCUT2D eigenvalue weighted by molar-refractivity contribution is -0.116. The van der Waals surface area contributed by atoms with E-state index >= 15 is 0 Å². The van der Waals surface area contributed by atoms with Gasteiger partial charge in [-0.25, -0.2) is 0 Å². The van der Waals surface area contributed by atoms with E-state index in [0.29, 0.717) is 13.0 Å². The van der Waals surface area contributed by atoms with Crippen LogP contribution in [0, 0.1) is 0 Å². The molecule has 1 aliphatic heterocycles. The zero-order valence-corrected chi connectivity index (χ0v) is 13.1. The number of ether oxygens (including phenoxy) is 1. The number of hydrogen-bond acceptors (Lipinski definition) is 3. The molecule has 0 aliphatic carbocycles. The maximum absolute atomic E-state index is 11.4. The van der Waals surface area contributed by atoms with Gasteiger partial charge in [0.1, 0.15) is 12.4 Å². The van der Waals surface area contributed by atoms with Crippen molar-refractivity contribution in [3.05, 3.63) is 35.9 Å². The predicted molar refractivity (Wildman–Crippen MR) is 85.8 cm³/mol. The summed E-state index contributed by atoms with van der Waals surface area (Å²) in [6.07, 6.45) is 1.35. The van der Waals surface area contributed by atoms with E-state index in [4.69, 9.17) is 4.74 Å². The average Bonchev–Trinajstić information content (AvgIpc) is 2.41. The molecule has 1 aromatic carbocycles. The summed E-state index contributed by atoms with van der Waals surface area (Å²) < 4.78 is 5.74. The summed E-state index contributed by atoms with van der Waals surface area (Å²) in [5.41, 5.74) is 3.09. The predicted octanol–water partition coefficient (Wildman–Crippen LogP) is 2.89. The summed E-state index contributed by atoms with van der Waals surface area (Å²) >= 11 is 0. The van der Waals surface area contributed by atoms with E-state index < -0.39 is 0 Å². The number of fused-ring (bicyclic) bond motifs is 1. The van der Waals surface area contributed by atoms with E-state index in [1.165, 1.54) is 0 Å². The number of aryl methyl sites for hydroxylation is 1. The van der Waals surface area contributed by atoms with Gasteiger partial charge in [0.25, 0.3) is 0 Å². The van der Waals surface area contributed by atoms with E-state index in [0.717, 1.165) is 35.5 Å². The Morgan fingerprint density at radius 2 is 2.14 bits per heavy atom. The van der Waals surface area contributed by atoms with Crippen molar-refractivity contribution in [1.29, 1.82) is 0 Å². The minimum absolute atomic E-state index is 0.0680. The molecular formula is C17H24N2O2. The van der Waals surface area contributed by atoms with Crippen LogP contribution in [0.3, 0.4) is 0 Å². The van der Waals surface area contributed by atoms with Crippen molar-refractivity contribution in [2.45, 2.75) is 39.2 Å². The molecular weight excluding hydrogens is 264 g/mol. The minimum atomic E-state index is 0.0680. The minimum Gasteiger partial charge on any atom is -0.489 e. The number of carbonyl (C=O) groups is 1. The molecule has 1 aliphatic rings. The van der Waals surface area contributed by atoms with Crippen LogP contribution < -0.4 is 15.4 Å². The van der Waals surface area contributed by atoms with Gasteiger partial charge >= 0.3 is 0 Å². The second kappa shape index (κ2) is 6.31. The van der Waals surface area contributed by atoms with Crippen molar-refractivity contribution in [2.24, 2.45) is 0 Å². The van der Waals surface area contributed by atoms with Crippen LogP contribution in [-0.2, 0) is 11.2 Å². The van der Waals surface area contributed by atoms with Crippen LogP contribution in [0.25, 0.3) is 0 Å². The first-order chi connectivity index (χ1) is 9.83. The Kier molecular flexibility index (Phi) is 4.68. The fraction of sp³-hybridized carbons (Fsp3) is 0.471. The van der Waals surface area contributed by atoms with Crippen molar-refractivity contribution in [2.75, 3.05) is 18.5 Å². The summed E-state index contributed by atoms with van der Waals surface area (Å²) in [5.74, 6) is 0.825. The van der Waals surface area contributed by atoms with Crippen LogP contribution in [0.5, 0.6) is 5.75 Å². The highest BCUT2D eigenvalue weighted by Gasteiger charge is 2.15. The first-order valence-corrected chi connectivity index (χ1v) is 7.31. The van der Waals surface area contributed by atoms with Crippen LogP contribution in [0.4, 0.5) is 5.69 Å². The maximum Gasteiger partial charge on any atom is 0.224 e. The Labute approximate surface area is 126 Å². The summed E-state index contributed by atoms with van der Waals surface area (Å²) in [4.78, 5) is 11.4. The standard InChI is InChI=1S/C17H24N2O2/c1-12(10-18-17(2,3)4)11-21-14-7-5-13-6-8-16(20)19-15(13)9-14/h5,7,9,18H,1,6,8,10-11H2,2-4H3,(H,19,20). The molecule has 0 saturated carbocycles. The fourth-order valence-corrected chi connectivity index (χ4v) is 2.07. The number of anilines is 1. The number of hydrogen-bond donors (Lipinski definition) is 2. The Bertz CT molecular complexity index is 544. The number of benzene rings is 1. The smallest absolute Gasteiger partial charge is 0.224 e. The van der Waals surface area contributed by atoms with Gasteiger partial charge in [0.05, 0.1) is 0 Å². The zero-order chi connectivity index (χ0) is 15.5. The summed E-state index contributed by atoms with van der Waals surface area (Å²) in [5, 5.41) is 6.26. The summed E-state index contributed by atoms with van der Waals surface area (Å²) in [7, 11) is 0. The molecule has 0 bridgehead atoms. The zero-order valence-electron chi connectivity index (χ0n) is 13.1. The molecule has 2 N–H and O–H groups in total. The number of carbonyl (C=O) groups excluding carboxylic acids is 1. The molecule has 21 heavy (non-hydrogen) atoms. The average molecular weight is 288 g/mol. The van der Waals surface area contributed by atoms with Gasteiger partial charge in [0.15, 0.2) is 0 Å². The molecule has 0 aromatic heterocycles. The second-order valence-electron chi connectivity index (χ2n) is 6.51. The van der Waals surface area contributed by atoms with Gasteiger partial charge < -0.3 is 15.4 Å². The first-order valence-electron chi connectivity index (χ1n) is 7.31. The summed E-state index contributed by atoms with van der Waals surface area (Å²) in [6, 6.07) is 5.85. The van der Waals surface area contributed by atoms with E-state index in [1.54, 1.807) is 0 Å². The SMILES string of the molecule is C=C(CNC(C)(C)C)COc1ccc2c(c1)NC(=O)CC2. The third-order valence-electron chi connectivity index (χ3n) is 3.29. The highest BCUT2D eigenvalue weighted by molar-refractivity contribution is 5.94. The summed E-state index contributed by atoms with van der Waals surface area (Å²) in [6.45, 7) is 11.6. The molecule has 1 aromatic rings. The maximum atomic E-state index is 11.4. The van der Waals surface area contributed by atoms with Crippen molar-refractivity contribution in [3.63, 3.8) is 0 Å². The Morgan fingerprint density at radius 3 is 2.86 bits per heavy atom. The van der Waals surface area contributed by atoms with Crippen molar-refractivity contribution in [1.82, 2.24) is 5.32 Å². The lowest BCUT2D eigenvalue weighted by Crippen LogP contribution is -2.37. The van der Waals surface area contributed by atoms with Gasteiger partial charge in [-0.2, -0.15) is 0 Å². The van der Waals surface area contributed by atoms with Crippen molar-refractivity contribution < 1.29 is 9.53 Å². The van der Waals surface area contributed by atoms with Gasteiger partial charge in [-0.1, -0.05) is 12.6 Å². The molecule has 0 saturated heterocycles. The van der Waals surface area contributed by atoms with E-state index in [-0.39, 0.29) is 11.4 Å². The van der Waals surface area contributed by atoms with Crippen molar-refractivity contribution in [3.8, 4) is 5.75 Å². The van der Waals surface area contributed by atoms with Gasteiger partial charge in [-0.3, -0.25) is 4.79 Å².